The maximum absolute atomic E-state index is 13.0. The third-order valence-electron chi connectivity index (χ3n) is 6.38. The molecule has 1 aliphatic heterocycles. The lowest BCUT2D eigenvalue weighted by molar-refractivity contribution is -0.137. The van der Waals surface area contributed by atoms with Crippen molar-refractivity contribution >= 4 is 44.2 Å². The van der Waals surface area contributed by atoms with E-state index in [9.17, 15) is 4.79 Å². The highest BCUT2D eigenvalue weighted by atomic mass is 35.5. The van der Waals surface area contributed by atoms with Crippen LogP contribution < -0.4 is 4.90 Å². The summed E-state index contributed by atoms with van der Waals surface area (Å²) in [4.78, 5) is 22.1. The summed E-state index contributed by atoms with van der Waals surface area (Å²) in [6.07, 6.45) is 8.62. The fourth-order valence-electron chi connectivity index (χ4n) is 4.61. The molecule has 2 fully saturated rings. The van der Waals surface area contributed by atoms with Crippen molar-refractivity contribution in [3.8, 4) is 0 Å². The van der Waals surface area contributed by atoms with Gasteiger partial charge >= 0.3 is 0 Å². The van der Waals surface area contributed by atoms with Gasteiger partial charge in [-0.05, 0) is 43.7 Å². The van der Waals surface area contributed by atoms with Crippen LogP contribution in [0, 0.1) is 11.8 Å². The van der Waals surface area contributed by atoms with Crippen LogP contribution in [-0.4, -0.2) is 42.0 Å². The van der Waals surface area contributed by atoms with E-state index < -0.39 is 0 Å². The standard InChI is InChI=1S/C22H30ClN3OS/c1-2-3-5-16-8-10-17(11-9-16)21(27)25-12-14-26(15-13-25)22-24-20-18(23)6-4-7-19(20)28-22/h4,6-7,16-17H,2-3,5,8-15H2,1H3. The highest BCUT2D eigenvalue weighted by Crippen LogP contribution is 2.35. The van der Waals surface area contributed by atoms with Gasteiger partial charge in [-0.1, -0.05) is 55.2 Å². The molecule has 1 aromatic carbocycles. The van der Waals surface area contributed by atoms with E-state index in [4.69, 9.17) is 16.6 Å². The average Bonchev–Trinajstić information content (AvgIpc) is 3.18. The number of piperazine rings is 1. The predicted molar refractivity (Wildman–Crippen MR) is 118 cm³/mol. The molecule has 2 aliphatic rings. The Kier molecular flexibility index (Phi) is 6.42. The van der Waals surface area contributed by atoms with Gasteiger partial charge in [-0.2, -0.15) is 0 Å². The summed E-state index contributed by atoms with van der Waals surface area (Å²) < 4.78 is 1.13. The molecule has 152 valence electrons. The van der Waals surface area contributed by atoms with Crippen LogP contribution in [0.2, 0.25) is 5.02 Å². The monoisotopic (exact) mass is 419 g/mol. The number of rotatable bonds is 5. The Morgan fingerprint density at radius 2 is 1.93 bits per heavy atom. The third kappa shape index (κ3) is 4.30. The second kappa shape index (κ2) is 9.00. The highest BCUT2D eigenvalue weighted by molar-refractivity contribution is 7.22. The normalized spacial score (nSPS) is 23.4. The van der Waals surface area contributed by atoms with Gasteiger partial charge in [-0.15, -0.1) is 0 Å². The quantitative estimate of drug-likeness (QED) is 0.633. The fourth-order valence-corrected chi connectivity index (χ4v) is 5.92. The SMILES string of the molecule is CCCCC1CCC(C(=O)N2CCN(c3nc4c(Cl)cccc4s3)CC2)CC1. The Morgan fingerprint density at radius 1 is 1.18 bits per heavy atom. The van der Waals surface area contributed by atoms with Gasteiger partial charge in [0, 0.05) is 32.1 Å². The van der Waals surface area contributed by atoms with Crippen molar-refractivity contribution in [2.45, 2.75) is 51.9 Å². The van der Waals surface area contributed by atoms with Gasteiger partial charge in [0.15, 0.2) is 5.13 Å². The molecule has 4 nitrogen and oxygen atoms in total. The van der Waals surface area contributed by atoms with E-state index in [1.165, 1.54) is 32.1 Å². The van der Waals surface area contributed by atoms with Crippen molar-refractivity contribution in [2.24, 2.45) is 11.8 Å². The van der Waals surface area contributed by atoms with Gasteiger partial charge in [0.05, 0.1) is 9.72 Å². The molecule has 1 aliphatic carbocycles. The van der Waals surface area contributed by atoms with Gasteiger partial charge in [-0.25, -0.2) is 4.98 Å². The summed E-state index contributed by atoms with van der Waals surface area (Å²) in [5, 5.41) is 1.73. The second-order valence-electron chi connectivity index (χ2n) is 8.26. The summed E-state index contributed by atoms with van der Waals surface area (Å²) in [7, 11) is 0. The van der Waals surface area contributed by atoms with E-state index >= 15 is 0 Å². The van der Waals surface area contributed by atoms with E-state index in [1.807, 2.05) is 12.1 Å². The number of benzene rings is 1. The number of anilines is 1. The topological polar surface area (TPSA) is 36.4 Å². The summed E-state index contributed by atoms with van der Waals surface area (Å²) >= 11 is 7.96. The van der Waals surface area contributed by atoms with Crippen molar-refractivity contribution in [1.82, 2.24) is 9.88 Å². The number of halogens is 1. The van der Waals surface area contributed by atoms with Crippen LogP contribution in [-0.2, 0) is 4.79 Å². The molecule has 4 rings (SSSR count). The Morgan fingerprint density at radius 3 is 2.61 bits per heavy atom. The minimum absolute atomic E-state index is 0.255. The van der Waals surface area contributed by atoms with E-state index in [0.29, 0.717) is 10.9 Å². The summed E-state index contributed by atoms with van der Waals surface area (Å²) in [6.45, 7) is 5.58. The number of para-hydroxylation sites is 1. The average molecular weight is 420 g/mol. The van der Waals surface area contributed by atoms with E-state index in [0.717, 1.165) is 60.3 Å². The fraction of sp³-hybridized carbons (Fsp3) is 0.636. The number of carbonyl (C=O) groups excluding carboxylic acids is 1. The molecule has 0 atom stereocenters. The van der Waals surface area contributed by atoms with Crippen molar-refractivity contribution in [2.75, 3.05) is 31.1 Å². The zero-order chi connectivity index (χ0) is 19.5. The zero-order valence-corrected chi connectivity index (χ0v) is 18.3. The number of aromatic nitrogens is 1. The van der Waals surface area contributed by atoms with Gasteiger partial charge < -0.3 is 9.80 Å². The molecule has 2 heterocycles. The lowest BCUT2D eigenvalue weighted by atomic mass is 9.79. The molecule has 1 amide bonds. The molecule has 1 aromatic heterocycles. The number of hydrogen-bond acceptors (Lipinski definition) is 4. The summed E-state index contributed by atoms with van der Waals surface area (Å²) in [5.41, 5.74) is 0.891. The first-order valence-electron chi connectivity index (χ1n) is 10.7. The van der Waals surface area contributed by atoms with Crippen LogP contribution in [0.5, 0.6) is 0 Å². The Bertz CT molecular complexity index is 807. The minimum Gasteiger partial charge on any atom is -0.345 e. The first-order valence-corrected chi connectivity index (χ1v) is 11.9. The number of hydrogen-bond donors (Lipinski definition) is 0. The molecule has 1 saturated heterocycles. The van der Waals surface area contributed by atoms with E-state index in [1.54, 1.807) is 11.3 Å². The first-order chi connectivity index (χ1) is 13.7. The predicted octanol–water partition coefficient (Wildman–Crippen LogP) is 5.59. The largest absolute Gasteiger partial charge is 0.345 e. The second-order valence-corrected chi connectivity index (χ2v) is 9.67. The number of thiazole rings is 1. The minimum atomic E-state index is 0.255. The van der Waals surface area contributed by atoms with Gasteiger partial charge in [-0.3, -0.25) is 4.79 Å². The van der Waals surface area contributed by atoms with Gasteiger partial charge in [0.2, 0.25) is 5.91 Å². The summed E-state index contributed by atoms with van der Waals surface area (Å²) in [6, 6.07) is 5.93. The van der Waals surface area contributed by atoms with Crippen LogP contribution in [0.1, 0.15) is 51.9 Å². The summed E-state index contributed by atoms with van der Waals surface area (Å²) in [5.74, 6) is 1.50. The zero-order valence-electron chi connectivity index (χ0n) is 16.7. The van der Waals surface area contributed by atoms with Crippen molar-refractivity contribution in [3.63, 3.8) is 0 Å². The number of unbranched alkanes of at least 4 members (excludes halogenated alkanes) is 1. The molecule has 2 aromatic rings. The highest BCUT2D eigenvalue weighted by Gasteiger charge is 2.31. The maximum Gasteiger partial charge on any atom is 0.225 e. The molecule has 28 heavy (non-hydrogen) atoms. The molecule has 6 heteroatoms. The molecular weight excluding hydrogens is 390 g/mol. The van der Waals surface area contributed by atoms with E-state index in [2.05, 4.69) is 22.8 Å². The molecule has 0 spiro atoms. The first kappa shape index (κ1) is 20.0. The van der Waals surface area contributed by atoms with Crippen molar-refractivity contribution in [1.29, 1.82) is 0 Å². The number of carbonyl (C=O) groups is 1. The number of nitrogens with zero attached hydrogens (tertiary/aromatic N) is 3. The molecule has 0 unspecified atom stereocenters. The Labute approximate surface area is 176 Å². The maximum atomic E-state index is 13.0. The Balaban J connectivity index is 1.30. The van der Waals surface area contributed by atoms with Gasteiger partial charge in [0.25, 0.3) is 0 Å². The van der Waals surface area contributed by atoms with Crippen LogP contribution in [0.25, 0.3) is 10.2 Å². The van der Waals surface area contributed by atoms with E-state index in [-0.39, 0.29) is 5.92 Å². The van der Waals surface area contributed by atoms with Gasteiger partial charge in [0.1, 0.15) is 5.52 Å². The molecular formula is C22H30ClN3OS. The smallest absolute Gasteiger partial charge is 0.225 e. The molecule has 0 N–H and O–H groups in total. The Hall–Kier alpha value is -1.33. The van der Waals surface area contributed by atoms with Crippen molar-refractivity contribution in [3.05, 3.63) is 23.2 Å². The lowest BCUT2D eigenvalue weighted by Crippen LogP contribution is -2.50. The van der Waals surface area contributed by atoms with Crippen LogP contribution in [0.15, 0.2) is 18.2 Å². The van der Waals surface area contributed by atoms with Crippen LogP contribution in [0.4, 0.5) is 5.13 Å². The van der Waals surface area contributed by atoms with Crippen LogP contribution in [0.3, 0.4) is 0 Å². The number of amides is 1. The van der Waals surface area contributed by atoms with Crippen molar-refractivity contribution < 1.29 is 4.79 Å². The molecule has 0 bridgehead atoms. The molecule has 1 saturated carbocycles. The number of fused-ring (bicyclic) bond motifs is 1. The molecule has 0 radical (unpaired) electrons. The van der Waals surface area contributed by atoms with Crippen LogP contribution >= 0.6 is 22.9 Å². The lowest BCUT2D eigenvalue weighted by Gasteiger charge is -2.37. The third-order valence-corrected chi connectivity index (χ3v) is 7.77.